The fraction of sp³-hybridized carbons (Fsp3) is 0.360. The highest BCUT2D eigenvalue weighted by Gasteiger charge is 2.11. The number of hydrogen-bond acceptors (Lipinski definition) is 3. The van der Waals surface area contributed by atoms with Crippen LogP contribution in [0, 0.1) is 6.92 Å². The lowest BCUT2D eigenvalue weighted by molar-refractivity contribution is 0.165. The summed E-state index contributed by atoms with van der Waals surface area (Å²) in [6, 6.07) is 21.3. The van der Waals surface area contributed by atoms with E-state index in [-0.39, 0.29) is 0 Å². The number of nitrogens with zero attached hydrogens (tertiary/aromatic N) is 2. The molecule has 3 aromatic rings. The Morgan fingerprint density at radius 3 is 2.41 bits per heavy atom. The van der Waals surface area contributed by atoms with Crippen molar-refractivity contribution in [2.75, 3.05) is 27.4 Å². The summed E-state index contributed by atoms with van der Waals surface area (Å²) >= 11 is 0. The second-order valence-corrected chi connectivity index (χ2v) is 7.46. The van der Waals surface area contributed by atoms with Crippen molar-refractivity contribution in [3.8, 4) is 5.75 Å². The zero-order valence-corrected chi connectivity index (χ0v) is 17.8. The third-order valence-electron chi connectivity index (χ3n) is 5.30. The molecular formula is C25H32N2O2. The number of methoxy groups -OCH3 is 2. The van der Waals surface area contributed by atoms with Gasteiger partial charge in [-0.05, 0) is 54.3 Å². The van der Waals surface area contributed by atoms with E-state index < -0.39 is 0 Å². The predicted molar refractivity (Wildman–Crippen MR) is 118 cm³/mol. The van der Waals surface area contributed by atoms with Gasteiger partial charge in [-0.25, -0.2) is 0 Å². The van der Waals surface area contributed by atoms with Crippen LogP contribution >= 0.6 is 0 Å². The SMILES string of the molecule is COCCCN(Cc1ccc(OC)cc1)Cc1cccn1Cc1ccccc1C. The van der Waals surface area contributed by atoms with E-state index in [1.807, 2.05) is 12.1 Å². The average Bonchev–Trinajstić information content (AvgIpc) is 3.17. The molecule has 2 aromatic carbocycles. The van der Waals surface area contributed by atoms with Crippen molar-refractivity contribution in [3.05, 3.63) is 89.2 Å². The largest absolute Gasteiger partial charge is 0.497 e. The van der Waals surface area contributed by atoms with Gasteiger partial charge in [0.1, 0.15) is 5.75 Å². The van der Waals surface area contributed by atoms with E-state index >= 15 is 0 Å². The summed E-state index contributed by atoms with van der Waals surface area (Å²) in [6.45, 7) is 6.68. The summed E-state index contributed by atoms with van der Waals surface area (Å²) in [4.78, 5) is 2.49. The van der Waals surface area contributed by atoms with E-state index in [4.69, 9.17) is 9.47 Å². The first-order valence-electron chi connectivity index (χ1n) is 10.2. The number of aryl methyl sites for hydroxylation is 1. The van der Waals surface area contributed by atoms with E-state index in [1.54, 1.807) is 14.2 Å². The van der Waals surface area contributed by atoms with Gasteiger partial charge in [0.05, 0.1) is 7.11 Å². The van der Waals surface area contributed by atoms with E-state index in [0.717, 1.165) is 45.0 Å². The molecule has 0 spiro atoms. The Bertz CT molecular complexity index is 871. The maximum atomic E-state index is 5.29. The normalized spacial score (nSPS) is 11.2. The number of benzene rings is 2. The Labute approximate surface area is 174 Å². The van der Waals surface area contributed by atoms with Crippen LogP contribution in [-0.2, 0) is 24.4 Å². The highest BCUT2D eigenvalue weighted by atomic mass is 16.5. The van der Waals surface area contributed by atoms with Gasteiger partial charge in [-0.15, -0.1) is 0 Å². The van der Waals surface area contributed by atoms with E-state index in [0.29, 0.717) is 0 Å². The molecule has 0 saturated heterocycles. The first kappa shape index (κ1) is 21.2. The molecule has 4 nitrogen and oxygen atoms in total. The molecule has 29 heavy (non-hydrogen) atoms. The molecule has 0 bridgehead atoms. The van der Waals surface area contributed by atoms with Gasteiger partial charge in [0.25, 0.3) is 0 Å². The zero-order valence-electron chi connectivity index (χ0n) is 17.8. The van der Waals surface area contributed by atoms with Crippen LogP contribution in [0.25, 0.3) is 0 Å². The highest BCUT2D eigenvalue weighted by Crippen LogP contribution is 2.17. The van der Waals surface area contributed by atoms with Crippen LogP contribution in [0.5, 0.6) is 5.75 Å². The lowest BCUT2D eigenvalue weighted by atomic mass is 10.1. The molecule has 0 aliphatic heterocycles. The third kappa shape index (κ3) is 6.21. The van der Waals surface area contributed by atoms with Crippen LogP contribution in [0.3, 0.4) is 0 Å². The summed E-state index contributed by atoms with van der Waals surface area (Å²) < 4.78 is 12.9. The van der Waals surface area contributed by atoms with Crippen molar-refractivity contribution in [2.45, 2.75) is 33.0 Å². The topological polar surface area (TPSA) is 26.6 Å². The van der Waals surface area contributed by atoms with Crippen molar-refractivity contribution in [1.82, 2.24) is 9.47 Å². The molecule has 0 unspecified atom stereocenters. The third-order valence-corrected chi connectivity index (χ3v) is 5.30. The maximum absolute atomic E-state index is 5.29. The van der Waals surface area contributed by atoms with Gasteiger partial charge in [-0.1, -0.05) is 36.4 Å². The molecule has 3 rings (SSSR count). The minimum absolute atomic E-state index is 0.781. The van der Waals surface area contributed by atoms with Crippen LogP contribution in [0.15, 0.2) is 66.9 Å². The smallest absolute Gasteiger partial charge is 0.118 e. The van der Waals surface area contributed by atoms with Crippen LogP contribution in [0.1, 0.15) is 28.8 Å². The van der Waals surface area contributed by atoms with Gasteiger partial charge in [0.2, 0.25) is 0 Å². The molecule has 1 heterocycles. The molecule has 0 aliphatic carbocycles. The summed E-state index contributed by atoms with van der Waals surface area (Å²) in [5, 5.41) is 0. The van der Waals surface area contributed by atoms with Gasteiger partial charge in [0.15, 0.2) is 0 Å². The average molecular weight is 393 g/mol. The molecule has 0 atom stereocenters. The van der Waals surface area contributed by atoms with Crippen molar-refractivity contribution in [3.63, 3.8) is 0 Å². The molecular weight excluding hydrogens is 360 g/mol. The van der Waals surface area contributed by atoms with Crippen LogP contribution in [-0.4, -0.2) is 36.8 Å². The zero-order chi connectivity index (χ0) is 20.5. The number of hydrogen-bond donors (Lipinski definition) is 0. The first-order valence-corrected chi connectivity index (χ1v) is 10.2. The monoisotopic (exact) mass is 392 g/mol. The second kappa shape index (κ2) is 10.8. The number of aromatic nitrogens is 1. The lowest BCUT2D eigenvalue weighted by Crippen LogP contribution is -2.26. The van der Waals surface area contributed by atoms with Crippen molar-refractivity contribution in [1.29, 1.82) is 0 Å². The first-order chi connectivity index (χ1) is 14.2. The van der Waals surface area contributed by atoms with E-state index in [2.05, 4.69) is 71.1 Å². The fourth-order valence-electron chi connectivity index (χ4n) is 3.58. The molecule has 154 valence electrons. The minimum atomic E-state index is 0.781. The van der Waals surface area contributed by atoms with Gasteiger partial charge >= 0.3 is 0 Å². The second-order valence-electron chi connectivity index (χ2n) is 7.46. The maximum Gasteiger partial charge on any atom is 0.118 e. The van der Waals surface area contributed by atoms with Gasteiger partial charge < -0.3 is 14.0 Å². The molecule has 0 N–H and O–H groups in total. The summed E-state index contributed by atoms with van der Waals surface area (Å²) in [5.74, 6) is 0.895. The summed E-state index contributed by atoms with van der Waals surface area (Å²) in [5.41, 5.74) is 5.33. The quantitative estimate of drug-likeness (QED) is 0.435. The van der Waals surface area contributed by atoms with Crippen LogP contribution in [0.2, 0.25) is 0 Å². The minimum Gasteiger partial charge on any atom is -0.497 e. The van der Waals surface area contributed by atoms with E-state index in [9.17, 15) is 0 Å². The van der Waals surface area contributed by atoms with Gasteiger partial charge in [-0.2, -0.15) is 0 Å². The Hall–Kier alpha value is -2.56. The fourth-order valence-corrected chi connectivity index (χ4v) is 3.58. The van der Waals surface area contributed by atoms with Crippen molar-refractivity contribution >= 4 is 0 Å². The van der Waals surface area contributed by atoms with Crippen LogP contribution in [0.4, 0.5) is 0 Å². The highest BCUT2D eigenvalue weighted by molar-refractivity contribution is 5.28. The molecule has 4 heteroatoms. The molecule has 0 aliphatic rings. The summed E-state index contributed by atoms with van der Waals surface area (Å²) in [6.07, 6.45) is 3.20. The molecule has 0 fully saturated rings. The lowest BCUT2D eigenvalue weighted by Gasteiger charge is -2.23. The molecule has 0 amide bonds. The molecule has 0 radical (unpaired) electrons. The molecule has 0 saturated carbocycles. The Kier molecular flexibility index (Phi) is 7.91. The Morgan fingerprint density at radius 2 is 1.69 bits per heavy atom. The van der Waals surface area contributed by atoms with Crippen LogP contribution < -0.4 is 4.74 Å². The van der Waals surface area contributed by atoms with Gasteiger partial charge in [0, 0.05) is 51.8 Å². The Morgan fingerprint density at radius 1 is 0.897 bits per heavy atom. The Balaban J connectivity index is 1.71. The molecule has 1 aromatic heterocycles. The standard InChI is InChI=1S/C25H32N2O2/c1-21-8-4-5-9-23(21)19-27-16-6-10-24(27)20-26(15-7-17-28-2)18-22-11-13-25(29-3)14-12-22/h4-6,8-14,16H,7,15,17-20H2,1-3H3. The van der Waals surface area contributed by atoms with E-state index in [1.165, 1.54) is 22.4 Å². The predicted octanol–water partition coefficient (Wildman–Crippen LogP) is 4.89. The number of rotatable bonds is 11. The summed E-state index contributed by atoms with van der Waals surface area (Å²) in [7, 11) is 3.47. The van der Waals surface area contributed by atoms with Crippen molar-refractivity contribution in [2.24, 2.45) is 0 Å². The van der Waals surface area contributed by atoms with Gasteiger partial charge in [-0.3, -0.25) is 4.90 Å². The number of ether oxygens (including phenoxy) is 2. The van der Waals surface area contributed by atoms with Crippen molar-refractivity contribution < 1.29 is 9.47 Å².